The lowest BCUT2D eigenvalue weighted by molar-refractivity contribution is -0.143. The predicted molar refractivity (Wildman–Crippen MR) is 86.8 cm³/mol. The lowest BCUT2D eigenvalue weighted by atomic mass is 10.3. The Labute approximate surface area is 144 Å². The zero-order valence-corrected chi connectivity index (χ0v) is 15.2. The minimum atomic E-state index is -4.00. The van der Waals surface area contributed by atoms with Gasteiger partial charge < -0.3 is 4.74 Å². The molecule has 1 fully saturated rings. The Balaban J connectivity index is 2.21. The van der Waals surface area contributed by atoms with E-state index in [2.05, 4.69) is 15.9 Å². The highest BCUT2D eigenvalue weighted by molar-refractivity contribution is 9.10. The smallest absolute Gasteiger partial charge is 0.307 e. The van der Waals surface area contributed by atoms with Gasteiger partial charge in [-0.05, 0) is 43.9 Å². The molecule has 1 aromatic rings. The van der Waals surface area contributed by atoms with Crippen molar-refractivity contribution in [1.82, 2.24) is 4.31 Å². The van der Waals surface area contributed by atoms with Crippen LogP contribution in [0.4, 0.5) is 4.39 Å². The van der Waals surface area contributed by atoms with Crippen molar-refractivity contribution in [2.75, 3.05) is 19.7 Å². The molecule has 128 valence electrons. The van der Waals surface area contributed by atoms with Gasteiger partial charge in [-0.2, -0.15) is 4.31 Å². The molecule has 0 saturated heterocycles. The maximum atomic E-state index is 14.0. The number of rotatable bonds is 8. The molecule has 0 N–H and O–H groups in total. The van der Waals surface area contributed by atoms with Crippen LogP contribution in [-0.2, 0) is 19.6 Å². The van der Waals surface area contributed by atoms with Crippen LogP contribution in [0.3, 0.4) is 0 Å². The van der Waals surface area contributed by atoms with E-state index in [0.29, 0.717) is 11.0 Å². The fraction of sp³-hybridized carbons (Fsp3) is 0.533. The first-order chi connectivity index (χ1) is 10.8. The fourth-order valence-corrected chi connectivity index (χ4v) is 4.28. The van der Waals surface area contributed by atoms with E-state index in [1.54, 1.807) is 6.92 Å². The standard InChI is InChI=1S/C15H19BrFNO4S/c1-2-22-15(19)7-8-18(10-11-3-4-11)23(20,21)14-9-12(16)5-6-13(14)17/h5-6,9,11H,2-4,7-8,10H2,1H3. The molecule has 0 bridgehead atoms. The molecule has 1 saturated carbocycles. The van der Waals surface area contributed by atoms with Gasteiger partial charge in [0.05, 0.1) is 13.0 Å². The van der Waals surface area contributed by atoms with Gasteiger partial charge in [-0.3, -0.25) is 4.79 Å². The molecule has 2 rings (SSSR count). The van der Waals surface area contributed by atoms with Gasteiger partial charge >= 0.3 is 5.97 Å². The third-order valence-electron chi connectivity index (χ3n) is 3.54. The molecule has 5 nitrogen and oxygen atoms in total. The summed E-state index contributed by atoms with van der Waals surface area (Å²) in [4.78, 5) is 11.1. The minimum absolute atomic E-state index is 0.0103. The van der Waals surface area contributed by atoms with Crippen LogP contribution in [0.1, 0.15) is 26.2 Å². The van der Waals surface area contributed by atoms with E-state index in [1.807, 2.05) is 0 Å². The molecule has 23 heavy (non-hydrogen) atoms. The summed E-state index contributed by atoms with van der Waals surface area (Å²) in [6, 6.07) is 3.80. The van der Waals surface area contributed by atoms with E-state index in [4.69, 9.17) is 4.74 Å². The summed E-state index contributed by atoms with van der Waals surface area (Å²) in [5, 5.41) is 0. The largest absolute Gasteiger partial charge is 0.466 e. The summed E-state index contributed by atoms with van der Waals surface area (Å²) in [5.41, 5.74) is 0. The molecular formula is C15H19BrFNO4S. The van der Waals surface area contributed by atoms with Gasteiger partial charge in [0.15, 0.2) is 0 Å². The van der Waals surface area contributed by atoms with Gasteiger partial charge in [0.2, 0.25) is 10.0 Å². The van der Waals surface area contributed by atoms with Gasteiger partial charge in [-0.1, -0.05) is 15.9 Å². The van der Waals surface area contributed by atoms with Crippen LogP contribution in [0, 0.1) is 11.7 Å². The predicted octanol–water partition coefficient (Wildman–Crippen LogP) is 2.94. The number of benzene rings is 1. The zero-order chi connectivity index (χ0) is 17.0. The molecule has 0 spiro atoms. The summed E-state index contributed by atoms with van der Waals surface area (Å²) < 4.78 is 46.0. The van der Waals surface area contributed by atoms with Crippen molar-refractivity contribution >= 4 is 31.9 Å². The first kappa shape index (κ1) is 18.4. The number of nitrogens with zero attached hydrogens (tertiary/aromatic N) is 1. The number of hydrogen-bond acceptors (Lipinski definition) is 4. The molecule has 0 aliphatic heterocycles. The minimum Gasteiger partial charge on any atom is -0.466 e. The quantitative estimate of drug-likeness (QED) is 0.621. The van der Waals surface area contributed by atoms with Gasteiger partial charge in [-0.15, -0.1) is 0 Å². The molecule has 0 aromatic heterocycles. The van der Waals surface area contributed by atoms with Gasteiger partial charge in [-0.25, -0.2) is 12.8 Å². The summed E-state index contributed by atoms with van der Waals surface area (Å²) in [5.74, 6) is -0.981. The summed E-state index contributed by atoms with van der Waals surface area (Å²) in [7, 11) is -4.00. The van der Waals surface area contributed by atoms with Crippen molar-refractivity contribution < 1.29 is 22.3 Å². The highest BCUT2D eigenvalue weighted by atomic mass is 79.9. The second kappa shape index (κ2) is 7.72. The molecule has 1 aliphatic carbocycles. The van der Waals surface area contributed by atoms with E-state index in [-0.39, 0.29) is 30.4 Å². The first-order valence-electron chi connectivity index (χ1n) is 7.45. The molecule has 0 amide bonds. The third kappa shape index (κ3) is 4.99. The van der Waals surface area contributed by atoms with Crippen LogP contribution in [0.5, 0.6) is 0 Å². The second-order valence-corrected chi connectivity index (χ2v) is 8.26. The highest BCUT2D eigenvalue weighted by Crippen LogP contribution is 2.32. The molecule has 8 heteroatoms. The fourth-order valence-electron chi connectivity index (χ4n) is 2.16. The number of hydrogen-bond donors (Lipinski definition) is 0. The lowest BCUT2D eigenvalue weighted by Crippen LogP contribution is -2.35. The topological polar surface area (TPSA) is 63.7 Å². The Morgan fingerprint density at radius 3 is 2.74 bits per heavy atom. The number of carbonyl (C=O) groups excluding carboxylic acids is 1. The highest BCUT2D eigenvalue weighted by Gasteiger charge is 2.33. The maximum Gasteiger partial charge on any atom is 0.307 e. The molecule has 0 heterocycles. The maximum absolute atomic E-state index is 14.0. The van der Waals surface area contributed by atoms with Crippen LogP contribution in [0.25, 0.3) is 0 Å². The van der Waals surface area contributed by atoms with Gasteiger partial charge in [0.1, 0.15) is 10.7 Å². The number of carbonyl (C=O) groups is 1. The Morgan fingerprint density at radius 2 is 2.13 bits per heavy atom. The Morgan fingerprint density at radius 1 is 1.43 bits per heavy atom. The Hall–Kier alpha value is -0.990. The van der Waals surface area contributed by atoms with Crippen LogP contribution < -0.4 is 0 Å². The summed E-state index contributed by atoms with van der Waals surface area (Å²) in [6.07, 6.45) is 1.86. The lowest BCUT2D eigenvalue weighted by Gasteiger charge is -2.22. The zero-order valence-electron chi connectivity index (χ0n) is 12.8. The van der Waals surface area contributed by atoms with Crippen molar-refractivity contribution in [1.29, 1.82) is 0 Å². The SMILES string of the molecule is CCOC(=O)CCN(CC1CC1)S(=O)(=O)c1cc(Br)ccc1F. The van der Waals surface area contributed by atoms with Crippen LogP contribution >= 0.6 is 15.9 Å². The van der Waals surface area contributed by atoms with Crippen LogP contribution in [0.2, 0.25) is 0 Å². The molecule has 0 unspecified atom stereocenters. The average Bonchev–Trinajstić information content (AvgIpc) is 3.30. The van der Waals surface area contributed by atoms with E-state index >= 15 is 0 Å². The monoisotopic (exact) mass is 407 g/mol. The third-order valence-corrected chi connectivity index (χ3v) is 5.91. The first-order valence-corrected chi connectivity index (χ1v) is 9.68. The molecule has 0 radical (unpaired) electrons. The summed E-state index contributed by atoms with van der Waals surface area (Å²) >= 11 is 3.16. The molecule has 1 aromatic carbocycles. The van der Waals surface area contributed by atoms with E-state index < -0.39 is 21.8 Å². The van der Waals surface area contributed by atoms with Gasteiger partial charge in [0, 0.05) is 17.6 Å². The second-order valence-electron chi connectivity index (χ2n) is 5.44. The molecule has 1 aliphatic rings. The number of esters is 1. The Bertz CT molecular complexity index is 676. The number of sulfonamides is 1. The van der Waals surface area contributed by atoms with Crippen molar-refractivity contribution in [3.63, 3.8) is 0 Å². The van der Waals surface area contributed by atoms with Crippen molar-refractivity contribution in [2.24, 2.45) is 5.92 Å². The van der Waals surface area contributed by atoms with E-state index in [9.17, 15) is 17.6 Å². The van der Waals surface area contributed by atoms with Crippen molar-refractivity contribution in [3.8, 4) is 0 Å². The van der Waals surface area contributed by atoms with E-state index in [1.165, 1.54) is 16.4 Å². The Kier molecular flexibility index (Phi) is 6.16. The number of halogens is 2. The average molecular weight is 408 g/mol. The normalized spacial score (nSPS) is 15.0. The van der Waals surface area contributed by atoms with Gasteiger partial charge in [0.25, 0.3) is 0 Å². The molecule has 0 atom stereocenters. The van der Waals surface area contributed by atoms with Crippen molar-refractivity contribution in [3.05, 3.63) is 28.5 Å². The molecular weight excluding hydrogens is 389 g/mol. The number of ether oxygens (including phenoxy) is 1. The van der Waals surface area contributed by atoms with Crippen molar-refractivity contribution in [2.45, 2.75) is 31.1 Å². The van der Waals surface area contributed by atoms with E-state index in [0.717, 1.165) is 18.9 Å². The van der Waals surface area contributed by atoms with Crippen LogP contribution in [-0.4, -0.2) is 38.4 Å². The van der Waals surface area contributed by atoms with Crippen LogP contribution in [0.15, 0.2) is 27.6 Å². The summed E-state index contributed by atoms with van der Waals surface area (Å²) in [6.45, 7) is 2.22.